The molecule has 0 bridgehead atoms. The van der Waals surface area contributed by atoms with Gasteiger partial charge in [0.1, 0.15) is 32.0 Å². The summed E-state index contributed by atoms with van der Waals surface area (Å²) in [4.78, 5) is 23.1. The van der Waals surface area contributed by atoms with Crippen LogP contribution in [0, 0.1) is 0 Å². The van der Waals surface area contributed by atoms with E-state index in [1.807, 2.05) is 42.5 Å². The van der Waals surface area contributed by atoms with Crippen molar-refractivity contribution < 1.29 is 49.5 Å². The van der Waals surface area contributed by atoms with Crippen LogP contribution in [-0.4, -0.2) is 82.0 Å². The van der Waals surface area contributed by atoms with Gasteiger partial charge < -0.3 is 34.7 Å². The average molecular weight is 1010 g/mol. The van der Waals surface area contributed by atoms with Crippen molar-refractivity contribution in [3.8, 4) is 5.75 Å². The summed E-state index contributed by atoms with van der Waals surface area (Å²) >= 11 is 12.6. The molecule has 306 valence electrons. The van der Waals surface area contributed by atoms with E-state index < -0.39 is 68.8 Å². The van der Waals surface area contributed by atoms with Gasteiger partial charge in [0.05, 0.1) is 16.8 Å². The molecule has 1 amide bonds. The molecular formula is C33H29Br2ClN8O11S3. The van der Waals surface area contributed by atoms with E-state index >= 15 is 0 Å². The smallest absolute Gasteiger partial charge is 0.296 e. The highest BCUT2D eigenvalue weighted by Crippen LogP contribution is 2.55. The van der Waals surface area contributed by atoms with E-state index in [1.54, 1.807) is 6.07 Å². The number of alkyl halides is 2. The number of hydrogen-bond acceptors (Lipinski definition) is 16. The fourth-order valence-corrected chi connectivity index (χ4v) is 6.99. The summed E-state index contributed by atoms with van der Waals surface area (Å²) in [6, 6.07) is 22.3. The molecule has 5 aromatic carbocycles. The van der Waals surface area contributed by atoms with Crippen LogP contribution < -0.4 is 16.0 Å². The molecule has 25 heteroatoms. The number of hydrogen-bond donors (Lipinski definition) is 9. The van der Waals surface area contributed by atoms with Gasteiger partial charge in [-0.25, -0.2) is 0 Å². The van der Waals surface area contributed by atoms with Crippen LogP contribution in [0.5, 0.6) is 5.75 Å². The Morgan fingerprint density at radius 2 is 1.38 bits per heavy atom. The first kappa shape index (κ1) is 44.5. The molecule has 6 aromatic rings. The highest BCUT2D eigenvalue weighted by atomic mass is 79.9. The number of carbonyl (C=O) groups excluding carboxylic acids is 1. The number of phenolic OH excluding ortho intramolecular Hbond substituents is 1. The van der Waals surface area contributed by atoms with Gasteiger partial charge >= 0.3 is 0 Å². The number of fused-ring (bicyclic) bond motifs is 2. The van der Waals surface area contributed by atoms with E-state index in [1.165, 1.54) is 18.2 Å². The molecule has 6 rings (SSSR count). The highest BCUT2D eigenvalue weighted by molar-refractivity contribution is 9.12. The molecule has 1 atom stereocenters. The molecule has 1 heterocycles. The Kier molecular flexibility index (Phi) is 13.9. The number of anilines is 5. The summed E-state index contributed by atoms with van der Waals surface area (Å²) in [7, 11) is -13.1. The molecule has 19 nitrogen and oxygen atoms in total. The van der Waals surface area contributed by atoms with Crippen molar-refractivity contribution in [3.05, 3.63) is 90.2 Å². The van der Waals surface area contributed by atoms with E-state index in [4.69, 9.17) is 16.2 Å². The highest BCUT2D eigenvalue weighted by Gasteiger charge is 2.27. The molecule has 0 aliphatic heterocycles. The number of nitrogens with one attached hydrogen (secondary N) is 3. The van der Waals surface area contributed by atoms with Crippen molar-refractivity contribution in [1.29, 1.82) is 0 Å². The first-order valence-electron chi connectivity index (χ1n) is 15.8. The van der Waals surface area contributed by atoms with Crippen LogP contribution in [0.2, 0.25) is 5.28 Å². The number of azo groups is 1. The van der Waals surface area contributed by atoms with E-state index in [0.29, 0.717) is 11.9 Å². The monoisotopic (exact) mass is 1000 g/mol. The molecule has 9 N–H and O–H groups in total. The number of rotatable bonds is 11. The molecule has 0 radical (unpaired) electrons. The fraction of sp³-hybridized carbons (Fsp3) is 0.0909. The van der Waals surface area contributed by atoms with Crippen LogP contribution in [0.1, 0.15) is 0 Å². The Morgan fingerprint density at radius 1 is 0.793 bits per heavy atom. The van der Waals surface area contributed by atoms with Gasteiger partial charge in [0.15, 0.2) is 5.75 Å². The lowest BCUT2D eigenvalue weighted by atomic mass is 10.1. The summed E-state index contributed by atoms with van der Waals surface area (Å²) in [5.41, 5.74) is -0.256. The van der Waals surface area contributed by atoms with Gasteiger partial charge in [-0.2, -0.15) is 31.8 Å². The predicted molar refractivity (Wildman–Crippen MR) is 228 cm³/mol. The van der Waals surface area contributed by atoms with Crippen LogP contribution in [0.25, 0.3) is 21.5 Å². The zero-order valence-corrected chi connectivity index (χ0v) is 35.6. The lowest BCUT2D eigenvalue weighted by molar-refractivity contribution is -0.115. The number of aromatic nitrogens is 3. The van der Waals surface area contributed by atoms with E-state index in [9.17, 15) is 44.9 Å². The topological polar surface area (TPSA) is 306 Å². The van der Waals surface area contributed by atoms with Crippen molar-refractivity contribution >= 4 is 142 Å². The number of nitrogens with zero attached hydrogens (tertiary/aromatic N) is 5. The Morgan fingerprint density at radius 3 is 2.00 bits per heavy atom. The molecular weight excluding hydrogens is 976 g/mol. The second-order valence-electron chi connectivity index (χ2n) is 11.7. The second-order valence-corrected chi connectivity index (χ2v) is 18.1. The van der Waals surface area contributed by atoms with E-state index in [0.717, 1.165) is 29.0 Å². The Hall–Kier alpha value is -4.60. The number of amides is 1. The van der Waals surface area contributed by atoms with Crippen molar-refractivity contribution in [2.75, 3.05) is 27.5 Å². The first-order chi connectivity index (χ1) is 27.1. The standard InChI is InChI=1S/C32H25Br2ClN8O8S2.CH4O3S/c33-15-20(34)29(45)36-18-11-12-24(52(46,47)48)23(14-18)42-43-27-25(53(49,50)51)13-17-7-4-10-22(26(17)28(27)44)38-32-40-30(35)39-31(41-32)37-21-9-3-6-16-5-1-2-8-19(16)21;1-5(2,3)4/h1-14,20,44,49-51H,15H2,(H,36,45)(H,46,47,48)(H2,37,38,39,40,41);1H3,(H,2,3,4). The summed E-state index contributed by atoms with van der Waals surface area (Å²) in [6.07, 6.45) is 0.715. The molecule has 0 fully saturated rings. The third-order valence-corrected chi connectivity index (χ3v) is 11.7. The largest absolute Gasteiger partial charge is 0.505 e. The van der Waals surface area contributed by atoms with Crippen LogP contribution in [0.3, 0.4) is 0 Å². The van der Waals surface area contributed by atoms with Gasteiger partial charge in [-0.1, -0.05) is 80.4 Å². The molecule has 0 aliphatic carbocycles. The first-order valence-corrected chi connectivity index (χ1v) is 23.0. The maximum atomic E-state index is 12.4. The van der Waals surface area contributed by atoms with Crippen molar-refractivity contribution in [1.82, 2.24) is 15.0 Å². The molecule has 0 saturated heterocycles. The van der Waals surface area contributed by atoms with Crippen LogP contribution >= 0.6 is 54.3 Å². The van der Waals surface area contributed by atoms with Crippen molar-refractivity contribution in [2.24, 2.45) is 10.2 Å². The Balaban J connectivity index is 0.00000121. The zero-order chi connectivity index (χ0) is 42.6. The molecule has 1 unspecified atom stereocenters. The van der Waals surface area contributed by atoms with Crippen molar-refractivity contribution in [2.45, 2.75) is 14.6 Å². The summed E-state index contributed by atoms with van der Waals surface area (Å²) in [5.74, 6) is -1.19. The third kappa shape index (κ3) is 11.5. The Bertz CT molecular complexity index is 2790. The fourth-order valence-electron chi connectivity index (χ4n) is 5.13. The Labute approximate surface area is 353 Å². The second kappa shape index (κ2) is 18.1. The number of benzene rings is 5. The zero-order valence-electron chi connectivity index (χ0n) is 29.2. The quantitative estimate of drug-likeness (QED) is 0.0332. The minimum atomic E-state index is -4.90. The lowest BCUT2D eigenvalue weighted by Crippen LogP contribution is -2.23. The number of aromatic hydroxyl groups is 1. The van der Waals surface area contributed by atoms with E-state index in [2.05, 4.69) is 73.0 Å². The van der Waals surface area contributed by atoms with Gasteiger partial charge in [0.2, 0.25) is 23.1 Å². The maximum Gasteiger partial charge on any atom is 0.296 e. The molecule has 0 aliphatic rings. The van der Waals surface area contributed by atoms with Crippen LogP contribution in [0.4, 0.5) is 40.3 Å². The molecule has 1 aromatic heterocycles. The lowest BCUT2D eigenvalue weighted by Gasteiger charge is -2.22. The number of phenols is 1. The summed E-state index contributed by atoms with van der Waals surface area (Å²) < 4.78 is 91.1. The SMILES string of the molecule is CS(=O)(=O)O.O=C(Nc1ccc(S(=O)(=O)O)c(N=Nc2c(S(O)(O)O)cc3cccc(Nc4nc(Cl)nc(Nc5cccc6ccccc56)n4)c3c2O)c1)C(Br)CBr. The van der Waals surface area contributed by atoms with E-state index in [-0.39, 0.29) is 44.7 Å². The maximum absolute atomic E-state index is 12.4. The van der Waals surface area contributed by atoms with Crippen LogP contribution in [0.15, 0.2) is 105 Å². The summed E-state index contributed by atoms with van der Waals surface area (Å²) in [6.45, 7) is 0. The minimum absolute atomic E-state index is 0.0168. The molecule has 58 heavy (non-hydrogen) atoms. The van der Waals surface area contributed by atoms with Gasteiger partial charge in [0.25, 0.3) is 20.2 Å². The average Bonchev–Trinajstić information content (AvgIpc) is 3.12. The molecule has 0 saturated carbocycles. The minimum Gasteiger partial charge on any atom is -0.505 e. The normalized spacial score (nSPS) is 12.8. The molecule has 0 spiro atoms. The van der Waals surface area contributed by atoms with Gasteiger partial charge in [-0.3, -0.25) is 13.9 Å². The third-order valence-electron chi connectivity index (χ3n) is 7.45. The van der Waals surface area contributed by atoms with Gasteiger partial charge in [-0.05, 0) is 58.8 Å². The van der Waals surface area contributed by atoms with Gasteiger partial charge in [0, 0.05) is 27.5 Å². The van der Waals surface area contributed by atoms with Crippen molar-refractivity contribution in [3.63, 3.8) is 0 Å². The predicted octanol–water partition coefficient (Wildman–Crippen LogP) is 8.87. The number of carbonyl (C=O) groups is 1. The van der Waals surface area contributed by atoms with Gasteiger partial charge in [-0.15, -0.1) is 10.2 Å². The number of halogens is 3. The summed E-state index contributed by atoms with van der Waals surface area (Å²) in [5, 5.41) is 30.1. The van der Waals surface area contributed by atoms with Crippen LogP contribution in [-0.2, 0) is 25.0 Å².